The molecule has 10 aromatic carbocycles. The lowest BCUT2D eigenvalue weighted by Gasteiger charge is -2.23. The highest BCUT2D eigenvalue weighted by Gasteiger charge is 2.36. The summed E-state index contributed by atoms with van der Waals surface area (Å²) in [7, 11) is 0. The average Bonchev–Trinajstić information content (AvgIpc) is 3.81. The Balaban J connectivity index is 0.808. The van der Waals surface area contributed by atoms with E-state index in [9.17, 15) is 0 Å². The fourth-order valence-electron chi connectivity index (χ4n) is 10.6. The molecule has 0 spiro atoms. The van der Waals surface area contributed by atoms with Crippen LogP contribution in [0.15, 0.2) is 213 Å². The molecule has 1 aliphatic carbocycles. The Labute approximate surface area is 371 Å². The van der Waals surface area contributed by atoms with E-state index in [1.807, 2.05) is 0 Å². The minimum absolute atomic E-state index is 0.172. The molecule has 300 valence electrons. The first-order valence-corrected chi connectivity index (χ1v) is 22.1. The fourth-order valence-corrected chi connectivity index (χ4v) is 10.6. The van der Waals surface area contributed by atoms with Crippen LogP contribution >= 0.6 is 0 Å². The Morgan fingerprint density at radius 2 is 0.797 bits per heavy atom. The molecule has 0 fully saturated rings. The predicted octanol–water partition coefficient (Wildman–Crippen LogP) is 16.0. The summed E-state index contributed by atoms with van der Waals surface area (Å²) in [5, 5.41) is 7.20. The second-order valence-electron chi connectivity index (χ2n) is 17.8. The molecule has 3 heteroatoms. The van der Waals surface area contributed by atoms with Gasteiger partial charge in [-0.1, -0.05) is 159 Å². The van der Waals surface area contributed by atoms with E-state index in [1.165, 1.54) is 105 Å². The largest absolute Gasteiger partial charge is 0.309 e. The zero-order chi connectivity index (χ0) is 42.5. The van der Waals surface area contributed by atoms with Gasteiger partial charge in [0.15, 0.2) is 0 Å². The van der Waals surface area contributed by atoms with Crippen LogP contribution in [0, 0.1) is 0 Å². The number of nitrogens with zero attached hydrogens (tertiary/aromatic N) is 3. The molecule has 0 atom stereocenters. The van der Waals surface area contributed by atoms with Crippen molar-refractivity contribution in [2.75, 3.05) is 0 Å². The maximum Gasteiger partial charge on any atom is 0.0971 e. The highest BCUT2D eigenvalue weighted by Crippen LogP contribution is 2.51. The van der Waals surface area contributed by atoms with Gasteiger partial charge in [-0.15, -0.1) is 0 Å². The predicted molar refractivity (Wildman–Crippen MR) is 268 cm³/mol. The topological polar surface area (TPSA) is 30.7 Å². The minimum Gasteiger partial charge on any atom is -0.309 e. The fraction of sp³-hybridized carbons (Fsp3) is 0.0492. The van der Waals surface area contributed by atoms with Crippen LogP contribution in [0.5, 0.6) is 0 Å². The Kier molecular flexibility index (Phi) is 7.95. The Morgan fingerprint density at radius 1 is 0.328 bits per heavy atom. The van der Waals surface area contributed by atoms with Gasteiger partial charge in [-0.2, -0.15) is 0 Å². The van der Waals surface area contributed by atoms with Crippen molar-refractivity contribution in [2.24, 2.45) is 0 Å². The molecule has 0 unspecified atom stereocenters. The lowest BCUT2D eigenvalue weighted by Crippen LogP contribution is -2.15. The first-order chi connectivity index (χ1) is 31.5. The maximum atomic E-state index is 4.83. The summed E-state index contributed by atoms with van der Waals surface area (Å²) in [5.41, 5.74) is 20.4. The van der Waals surface area contributed by atoms with Gasteiger partial charge >= 0.3 is 0 Å². The van der Waals surface area contributed by atoms with Crippen molar-refractivity contribution in [3.8, 4) is 61.3 Å². The van der Waals surface area contributed by atoms with E-state index < -0.39 is 0 Å². The Bertz CT molecular complexity index is 3820. The molecule has 0 aliphatic heterocycles. The summed E-state index contributed by atoms with van der Waals surface area (Å²) < 4.78 is 2.37. The van der Waals surface area contributed by atoms with Crippen molar-refractivity contribution in [3.05, 3.63) is 224 Å². The molecule has 64 heavy (non-hydrogen) atoms. The van der Waals surface area contributed by atoms with E-state index in [1.54, 1.807) is 12.4 Å². The van der Waals surface area contributed by atoms with Gasteiger partial charge in [0.2, 0.25) is 0 Å². The molecule has 2 heterocycles. The molecule has 1 aliphatic rings. The molecule has 13 rings (SSSR count). The van der Waals surface area contributed by atoms with Gasteiger partial charge in [0.05, 0.1) is 22.1 Å². The van der Waals surface area contributed by atoms with Crippen molar-refractivity contribution in [1.82, 2.24) is 14.5 Å². The first-order valence-electron chi connectivity index (χ1n) is 22.1. The zero-order valence-electron chi connectivity index (χ0n) is 35.5. The normalized spacial score (nSPS) is 13.0. The first kappa shape index (κ1) is 36.5. The van der Waals surface area contributed by atoms with Crippen LogP contribution in [0.4, 0.5) is 0 Å². The van der Waals surface area contributed by atoms with Gasteiger partial charge in [0.25, 0.3) is 0 Å². The highest BCUT2D eigenvalue weighted by molar-refractivity contribution is 6.23. The SMILES string of the molecule is CC1(C)c2cc(-c3cccc(-c4ccc(-c5ccc6c(c5)c5ccccc5n6-c5ccccc5)cc4)c3)ccc2-c2ccc(-c3ccc4c5ccccc5c5nccnc5c4c3)cc21. The van der Waals surface area contributed by atoms with Gasteiger partial charge in [-0.05, 0) is 132 Å². The summed E-state index contributed by atoms with van der Waals surface area (Å²) >= 11 is 0. The van der Waals surface area contributed by atoms with E-state index in [4.69, 9.17) is 9.97 Å². The smallest absolute Gasteiger partial charge is 0.0971 e. The van der Waals surface area contributed by atoms with E-state index in [0.29, 0.717) is 0 Å². The van der Waals surface area contributed by atoms with Crippen LogP contribution in [0.2, 0.25) is 0 Å². The average molecular weight is 816 g/mol. The van der Waals surface area contributed by atoms with Crippen molar-refractivity contribution in [2.45, 2.75) is 19.3 Å². The second kappa shape index (κ2) is 13.9. The summed E-state index contributed by atoms with van der Waals surface area (Å²) in [6.45, 7) is 4.75. The minimum atomic E-state index is -0.172. The van der Waals surface area contributed by atoms with Crippen LogP contribution in [0.1, 0.15) is 25.0 Å². The molecule has 0 bridgehead atoms. The van der Waals surface area contributed by atoms with Crippen molar-refractivity contribution in [1.29, 1.82) is 0 Å². The molecule has 0 saturated carbocycles. The lowest BCUT2D eigenvalue weighted by atomic mass is 9.80. The molecule has 12 aromatic rings. The third-order valence-electron chi connectivity index (χ3n) is 13.9. The summed E-state index contributed by atoms with van der Waals surface area (Å²) in [6.07, 6.45) is 3.59. The van der Waals surface area contributed by atoms with Crippen LogP contribution in [-0.4, -0.2) is 14.5 Å². The van der Waals surface area contributed by atoms with Crippen molar-refractivity contribution >= 4 is 54.4 Å². The van der Waals surface area contributed by atoms with Gasteiger partial charge in [-0.25, -0.2) is 0 Å². The number of para-hydroxylation sites is 2. The molecule has 0 amide bonds. The monoisotopic (exact) mass is 815 g/mol. The second-order valence-corrected chi connectivity index (χ2v) is 17.8. The number of benzene rings is 10. The van der Waals surface area contributed by atoms with Gasteiger partial charge in [-0.3, -0.25) is 9.97 Å². The summed E-state index contributed by atoms with van der Waals surface area (Å²) in [5.74, 6) is 0. The summed E-state index contributed by atoms with van der Waals surface area (Å²) in [4.78, 5) is 9.61. The molecule has 0 N–H and O–H groups in total. The van der Waals surface area contributed by atoms with Gasteiger partial charge in [0, 0.05) is 45.0 Å². The molecule has 2 aromatic heterocycles. The molecule has 0 saturated heterocycles. The standard InChI is InChI=1S/C61H41N3/c1-61(2)55-36-44(24-28-49(55)50-29-25-45(37-56(50)61)43-23-27-48-47-15-6-7-17-52(47)59-60(54(48)35-43)63-32-31-62-59)41-12-10-11-40(33-41)38-19-21-39(22-20-38)42-26-30-58-53(34-42)51-16-8-9-18-57(51)64(58)46-13-4-3-5-14-46/h3-37H,1-2H3. The lowest BCUT2D eigenvalue weighted by molar-refractivity contribution is 0.661. The third-order valence-corrected chi connectivity index (χ3v) is 13.9. The summed E-state index contributed by atoms with van der Waals surface area (Å²) in [6, 6.07) is 73.7. The highest BCUT2D eigenvalue weighted by atomic mass is 15.0. The quantitative estimate of drug-likeness (QED) is 0.162. The zero-order valence-corrected chi connectivity index (χ0v) is 35.5. The van der Waals surface area contributed by atoms with Crippen molar-refractivity contribution in [3.63, 3.8) is 0 Å². The number of fused-ring (bicyclic) bond motifs is 12. The van der Waals surface area contributed by atoms with Crippen molar-refractivity contribution < 1.29 is 0 Å². The number of aromatic nitrogens is 3. The van der Waals surface area contributed by atoms with Crippen LogP contribution in [-0.2, 0) is 5.41 Å². The van der Waals surface area contributed by atoms with E-state index in [2.05, 4.69) is 219 Å². The molecule has 3 nitrogen and oxygen atoms in total. The number of rotatable bonds is 5. The number of hydrogen-bond donors (Lipinski definition) is 0. The molecule has 0 radical (unpaired) electrons. The van der Waals surface area contributed by atoms with Crippen LogP contribution in [0.3, 0.4) is 0 Å². The number of hydrogen-bond acceptors (Lipinski definition) is 2. The van der Waals surface area contributed by atoms with Crippen LogP contribution < -0.4 is 0 Å². The van der Waals surface area contributed by atoms with E-state index in [0.717, 1.165) is 21.8 Å². The molecular formula is C61H41N3. The van der Waals surface area contributed by atoms with Crippen LogP contribution in [0.25, 0.3) is 116 Å². The molecular weight excluding hydrogens is 775 g/mol. The van der Waals surface area contributed by atoms with E-state index >= 15 is 0 Å². The third kappa shape index (κ3) is 5.54. The van der Waals surface area contributed by atoms with E-state index in [-0.39, 0.29) is 5.41 Å². The van der Waals surface area contributed by atoms with Gasteiger partial charge in [0.1, 0.15) is 0 Å². The maximum absolute atomic E-state index is 4.83. The van der Waals surface area contributed by atoms with Gasteiger partial charge < -0.3 is 4.57 Å². The Morgan fingerprint density at radius 3 is 1.50 bits per heavy atom. The Hall–Kier alpha value is -8.14.